The van der Waals surface area contributed by atoms with E-state index in [0.29, 0.717) is 12.2 Å². The average molecular weight is 288 g/mol. The van der Waals surface area contributed by atoms with Gasteiger partial charge in [-0.3, -0.25) is 0 Å². The first kappa shape index (κ1) is 17.5. The summed E-state index contributed by atoms with van der Waals surface area (Å²) in [7, 11) is 0. The molecule has 1 aromatic rings. The van der Waals surface area contributed by atoms with Gasteiger partial charge in [0, 0.05) is 0 Å². The molecule has 21 heavy (non-hydrogen) atoms. The second-order valence-electron chi connectivity index (χ2n) is 5.61. The van der Waals surface area contributed by atoms with Crippen LogP contribution in [0.1, 0.15) is 74.7 Å². The molecule has 0 unspecified atom stereocenters. The number of hydrogen-bond donors (Lipinski definition) is 0. The Labute approximate surface area is 129 Å². The van der Waals surface area contributed by atoms with Crippen LogP contribution >= 0.6 is 0 Å². The smallest absolute Gasteiger partial charge is 0.338 e. The number of unbranched alkanes of at least 4 members (excludes halogenated alkanes) is 6. The minimum Gasteiger partial charge on any atom is -0.462 e. The standard InChI is InChI=1S/C19H28O2/c1-4-5-6-7-8-9-10-15-21-19(20)18-13-11-17(12-14-18)16(2)3/h11-14H,2,4-10,15H2,1,3H3. The van der Waals surface area contributed by atoms with Crippen LogP contribution in [0.15, 0.2) is 30.8 Å². The van der Waals surface area contributed by atoms with Crippen molar-refractivity contribution in [3.05, 3.63) is 42.0 Å². The Balaban J connectivity index is 2.17. The lowest BCUT2D eigenvalue weighted by Crippen LogP contribution is -2.06. The van der Waals surface area contributed by atoms with Crippen molar-refractivity contribution in [1.82, 2.24) is 0 Å². The van der Waals surface area contributed by atoms with Gasteiger partial charge in [-0.15, -0.1) is 0 Å². The van der Waals surface area contributed by atoms with Crippen molar-refractivity contribution >= 4 is 11.5 Å². The van der Waals surface area contributed by atoms with Gasteiger partial charge in [0.25, 0.3) is 0 Å². The van der Waals surface area contributed by atoms with Crippen LogP contribution in [0, 0.1) is 0 Å². The molecule has 2 heteroatoms. The number of benzene rings is 1. The number of esters is 1. The summed E-state index contributed by atoms with van der Waals surface area (Å²) < 4.78 is 5.29. The van der Waals surface area contributed by atoms with E-state index >= 15 is 0 Å². The summed E-state index contributed by atoms with van der Waals surface area (Å²) >= 11 is 0. The molecule has 0 heterocycles. The maximum absolute atomic E-state index is 11.9. The van der Waals surface area contributed by atoms with Crippen LogP contribution in [0.4, 0.5) is 0 Å². The average Bonchev–Trinajstić information content (AvgIpc) is 2.49. The summed E-state index contributed by atoms with van der Waals surface area (Å²) in [6, 6.07) is 7.42. The number of hydrogen-bond acceptors (Lipinski definition) is 2. The number of ether oxygens (including phenoxy) is 1. The second kappa shape index (κ2) is 10.2. The van der Waals surface area contributed by atoms with Crippen LogP contribution in [0.5, 0.6) is 0 Å². The molecule has 0 fully saturated rings. The molecule has 0 bridgehead atoms. The Morgan fingerprint density at radius 3 is 2.05 bits per heavy atom. The molecular weight excluding hydrogens is 260 g/mol. The van der Waals surface area contributed by atoms with E-state index in [0.717, 1.165) is 24.0 Å². The molecule has 0 atom stereocenters. The lowest BCUT2D eigenvalue weighted by molar-refractivity contribution is 0.0497. The minimum absolute atomic E-state index is 0.228. The summed E-state index contributed by atoms with van der Waals surface area (Å²) in [4.78, 5) is 11.9. The van der Waals surface area contributed by atoms with Crippen molar-refractivity contribution in [2.45, 2.75) is 58.8 Å². The molecular formula is C19H28O2. The van der Waals surface area contributed by atoms with Crippen LogP contribution in [0.3, 0.4) is 0 Å². The van der Waals surface area contributed by atoms with E-state index in [2.05, 4.69) is 13.5 Å². The summed E-state index contributed by atoms with van der Waals surface area (Å²) in [5.74, 6) is -0.228. The fourth-order valence-corrected chi connectivity index (χ4v) is 2.20. The number of rotatable bonds is 10. The molecule has 116 valence electrons. The van der Waals surface area contributed by atoms with Gasteiger partial charge in [-0.1, -0.05) is 69.7 Å². The van der Waals surface area contributed by atoms with Gasteiger partial charge < -0.3 is 4.74 Å². The van der Waals surface area contributed by atoms with Gasteiger partial charge in [0.1, 0.15) is 0 Å². The second-order valence-corrected chi connectivity index (χ2v) is 5.61. The molecule has 0 aliphatic carbocycles. The quantitative estimate of drug-likeness (QED) is 0.412. The molecule has 0 aromatic heterocycles. The third-order valence-corrected chi connectivity index (χ3v) is 3.59. The van der Waals surface area contributed by atoms with E-state index < -0.39 is 0 Å². The molecule has 0 aliphatic rings. The van der Waals surface area contributed by atoms with E-state index in [9.17, 15) is 4.79 Å². The van der Waals surface area contributed by atoms with Gasteiger partial charge in [0.2, 0.25) is 0 Å². The number of allylic oxidation sites excluding steroid dienone is 1. The highest BCUT2D eigenvalue weighted by Crippen LogP contribution is 2.13. The summed E-state index contributed by atoms with van der Waals surface area (Å²) in [5.41, 5.74) is 2.67. The third-order valence-electron chi connectivity index (χ3n) is 3.59. The monoisotopic (exact) mass is 288 g/mol. The SMILES string of the molecule is C=C(C)c1ccc(C(=O)OCCCCCCCCC)cc1. The van der Waals surface area contributed by atoms with Crippen LogP contribution in [0.25, 0.3) is 5.57 Å². The summed E-state index contributed by atoms with van der Waals surface area (Å²) in [6.07, 6.45) is 8.57. The maximum atomic E-state index is 11.9. The summed E-state index contributed by atoms with van der Waals surface area (Å²) in [6.45, 7) is 8.58. The van der Waals surface area contributed by atoms with E-state index in [1.807, 2.05) is 19.1 Å². The topological polar surface area (TPSA) is 26.3 Å². The Kier molecular flexibility index (Phi) is 8.49. The molecule has 1 rings (SSSR count). The zero-order chi connectivity index (χ0) is 15.5. The first-order chi connectivity index (χ1) is 10.1. The van der Waals surface area contributed by atoms with Crippen LogP contribution in [0.2, 0.25) is 0 Å². The van der Waals surface area contributed by atoms with Gasteiger partial charge in [-0.05, 0) is 31.0 Å². The maximum Gasteiger partial charge on any atom is 0.338 e. The van der Waals surface area contributed by atoms with E-state index in [1.165, 1.54) is 32.1 Å². The highest BCUT2D eigenvalue weighted by atomic mass is 16.5. The van der Waals surface area contributed by atoms with Crippen LogP contribution < -0.4 is 0 Å². The van der Waals surface area contributed by atoms with Crippen molar-refractivity contribution in [2.75, 3.05) is 6.61 Å². The largest absolute Gasteiger partial charge is 0.462 e. The molecule has 0 saturated heterocycles. The molecule has 1 aromatic carbocycles. The van der Waals surface area contributed by atoms with Gasteiger partial charge in [0.05, 0.1) is 12.2 Å². The molecule has 0 amide bonds. The van der Waals surface area contributed by atoms with Crippen molar-refractivity contribution in [1.29, 1.82) is 0 Å². The molecule has 0 radical (unpaired) electrons. The predicted molar refractivity (Wildman–Crippen MR) is 89.4 cm³/mol. The molecule has 0 saturated carbocycles. The first-order valence-corrected chi connectivity index (χ1v) is 8.08. The normalized spacial score (nSPS) is 10.4. The Morgan fingerprint density at radius 1 is 0.952 bits per heavy atom. The van der Waals surface area contributed by atoms with Crippen molar-refractivity contribution in [3.8, 4) is 0 Å². The molecule has 0 aliphatic heterocycles. The lowest BCUT2D eigenvalue weighted by Gasteiger charge is -2.06. The van der Waals surface area contributed by atoms with E-state index in [1.54, 1.807) is 12.1 Å². The number of carbonyl (C=O) groups is 1. The van der Waals surface area contributed by atoms with Gasteiger partial charge in [-0.25, -0.2) is 4.79 Å². The zero-order valence-corrected chi connectivity index (χ0v) is 13.5. The van der Waals surface area contributed by atoms with Gasteiger partial charge in [0.15, 0.2) is 0 Å². The lowest BCUT2D eigenvalue weighted by atomic mass is 10.1. The van der Waals surface area contributed by atoms with Crippen molar-refractivity contribution < 1.29 is 9.53 Å². The number of carbonyl (C=O) groups excluding carboxylic acids is 1. The fourth-order valence-electron chi connectivity index (χ4n) is 2.20. The van der Waals surface area contributed by atoms with Gasteiger partial charge in [-0.2, -0.15) is 0 Å². The van der Waals surface area contributed by atoms with Crippen molar-refractivity contribution in [2.24, 2.45) is 0 Å². The van der Waals surface area contributed by atoms with E-state index in [-0.39, 0.29) is 5.97 Å². The molecule has 0 N–H and O–H groups in total. The fraction of sp³-hybridized carbons (Fsp3) is 0.526. The Morgan fingerprint density at radius 2 is 1.48 bits per heavy atom. The van der Waals surface area contributed by atoms with Gasteiger partial charge >= 0.3 is 5.97 Å². The first-order valence-electron chi connectivity index (χ1n) is 8.08. The van der Waals surface area contributed by atoms with E-state index in [4.69, 9.17) is 4.74 Å². The Hall–Kier alpha value is -1.57. The van der Waals surface area contributed by atoms with Crippen LogP contribution in [-0.2, 0) is 4.74 Å². The van der Waals surface area contributed by atoms with Crippen molar-refractivity contribution in [3.63, 3.8) is 0 Å². The Bertz CT molecular complexity index is 431. The highest BCUT2D eigenvalue weighted by molar-refractivity contribution is 5.89. The molecule has 0 spiro atoms. The zero-order valence-electron chi connectivity index (χ0n) is 13.5. The minimum atomic E-state index is -0.228. The molecule has 2 nitrogen and oxygen atoms in total. The summed E-state index contributed by atoms with van der Waals surface area (Å²) in [5, 5.41) is 0. The van der Waals surface area contributed by atoms with Crippen LogP contribution in [-0.4, -0.2) is 12.6 Å². The third kappa shape index (κ3) is 7.12. The predicted octanol–water partition coefficient (Wildman–Crippen LogP) is 5.63. The highest BCUT2D eigenvalue weighted by Gasteiger charge is 2.06.